The number of halogens is 1. The topological polar surface area (TPSA) is 29.0 Å². The first-order valence-electron chi connectivity index (χ1n) is 4.94. The Hall–Kier alpha value is -1.19. The summed E-state index contributed by atoms with van der Waals surface area (Å²) in [6, 6.07) is 1.81. The Labute approximate surface area is 82.0 Å². The van der Waals surface area contributed by atoms with Gasteiger partial charge in [-0.25, -0.2) is 14.4 Å². The molecule has 1 aromatic heterocycles. The van der Waals surface area contributed by atoms with Crippen LogP contribution in [0.1, 0.15) is 12.8 Å². The lowest BCUT2D eigenvalue weighted by Crippen LogP contribution is -2.63. The second-order valence-corrected chi connectivity index (χ2v) is 4.41. The third-order valence-electron chi connectivity index (χ3n) is 3.20. The molecule has 74 valence electrons. The minimum Gasteiger partial charge on any atom is -0.340 e. The van der Waals surface area contributed by atoms with Crippen LogP contribution in [0.5, 0.6) is 0 Å². The van der Waals surface area contributed by atoms with Gasteiger partial charge in [0, 0.05) is 30.9 Å². The lowest BCUT2D eigenvalue weighted by Gasteiger charge is -2.56. The van der Waals surface area contributed by atoms with E-state index in [1.807, 2.05) is 0 Å². The summed E-state index contributed by atoms with van der Waals surface area (Å²) in [6.07, 6.45) is 4.39. The van der Waals surface area contributed by atoms with Gasteiger partial charge in [-0.1, -0.05) is 0 Å². The van der Waals surface area contributed by atoms with Crippen molar-refractivity contribution in [2.75, 3.05) is 18.0 Å². The molecule has 1 aromatic rings. The van der Waals surface area contributed by atoms with Gasteiger partial charge in [0.2, 0.25) is 5.95 Å². The zero-order chi connectivity index (χ0) is 9.60. The van der Waals surface area contributed by atoms with Gasteiger partial charge in [-0.15, -0.1) is 0 Å². The molecule has 0 unspecified atom stereocenters. The summed E-state index contributed by atoms with van der Waals surface area (Å²) in [6.45, 7) is 1.86. The van der Waals surface area contributed by atoms with E-state index in [-0.39, 0.29) is 5.41 Å². The number of hydrogen-bond donors (Lipinski definition) is 0. The molecule has 3 nitrogen and oxygen atoms in total. The molecule has 0 bridgehead atoms. The van der Waals surface area contributed by atoms with Crippen LogP contribution in [0.3, 0.4) is 0 Å². The summed E-state index contributed by atoms with van der Waals surface area (Å²) in [5.74, 6) is 0.778. The lowest BCUT2D eigenvalue weighted by atomic mass is 9.62. The van der Waals surface area contributed by atoms with Crippen LogP contribution >= 0.6 is 0 Å². The van der Waals surface area contributed by atoms with Gasteiger partial charge in [0.05, 0.1) is 0 Å². The highest BCUT2D eigenvalue weighted by Crippen LogP contribution is 2.50. The molecule has 0 radical (unpaired) electrons. The normalized spacial score (nSPS) is 24.5. The SMILES string of the molecule is FC1CC2(C1)CN(c1ncccn1)C2. The van der Waals surface area contributed by atoms with E-state index in [0.717, 1.165) is 31.9 Å². The van der Waals surface area contributed by atoms with Crippen LogP contribution in [0, 0.1) is 5.41 Å². The molecule has 1 saturated heterocycles. The van der Waals surface area contributed by atoms with Crippen molar-refractivity contribution in [3.63, 3.8) is 0 Å². The standard InChI is InChI=1S/C10H12FN3/c11-8-4-10(5-8)6-14(7-10)9-12-2-1-3-13-9/h1-3,8H,4-7H2. The zero-order valence-corrected chi connectivity index (χ0v) is 7.86. The molecule has 2 fully saturated rings. The van der Waals surface area contributed by atoms with E-state index in [1.165, 1.54) is 0 Å². The summed E-state index contributed by atoms with van der Waals surface area (Å²) < 4.78 is 12.7. The van der Waals surface area contributed by atoms with E-state index in [9.17, 15) is 4.39 Å². The third-order valence-corrected chi connectivity index (χ3v) is 3.20. The third kappa shape index (κ3) is 1.10. The predicted octanol–water partition coefficient (Wildman–Crippen LogP) is 1.41. The van der Waals surface area contributed by atoms with Crippen molar-refractivity contribution < 1.29 is 4.39 Å². The van der Waals surface area contributed by atoms with E-state index in [0.29, 0.717) is 0 Å². The van der Waals surface area contributed by atoms with E-state index >= 15 is 0 Å². The van der Waals surface area contributed by atoms with Crippen molar-refractivity contribution >= 4 is 5.95 Å². The summed E-state index contributed by atoms with van der Waals surface area (Å²) in [5, 5.41) is 0. The monoisotopic (exact) mass is 193 g/mol. The Balaban J connectivity index is 1.65. The van der Waals surface area contributed by atoms with Crippen LogP contribution in [-0.2, 0) is 0 Å². The summed E-state index contributed by atoms with van der Waals surface area (Å²) >= 11 is 0. The van der Waals surface area contributed by atoms with Crippen LogP contribution in [0.25, 0.3) is 0 Å². The van der Waals surface area contributed by atoms with Gasteiger partial charge in [-0.3, -0.25) is 0 Å². The maximum atomic E-state index is 12.7. The minimum atomic E-state index is -0.561. The maximum Gasteiger partial charge on any atom is 0.225 e. The summed E-state index contributed by atoms with van der Waals surface area (Å²) in [4.78, 5) is 10.4. The van der Waals surface area contributed by atoms with Crippen molar-refractivity contribution in [2.24, 2.45) is 5.41 Å². The molecule has 2 heterocycles. The molecule has 1 spiro atoms. The lowest BCUT2D eigenvalue weighted by molar-refractivity contribution is -0.00000380. The van der Waals surface area contributed by atoms with Crippen molar-refractivity contribution in [1.82, 2.24) is 9.97 Å². The largest absolute Gasteiger partial charge is 0.340 e. The van der Waals surface area contributed by atoms with Gasteiger partial charge < -0.3 is 4.90 Å². The Bertz CT molecular complexity index is 326. The molecule has 1 aliphatic carbocycles. The molecular weight excluding hydrogens is 181 g/mol. The fourth-order valence-electron chi connectivity index (χ4n) is 2.50. The van der Waals surface area contributed by atoms with Crippen LogP contribution in [-0.4, -0.2) is 29.2 Å². The second kappa shape index (κ2) is 2.65. The molecule has 14 heavy (non-hydrogen) atoms. The highest BCUT2D eigenvalue weighted by Gasteiger charge is 2.53. The molecule has 0 N–H and O–H groups in total. The van der Waals surface area contributed by atoms with Crippen molar-refractivity contribution in [3.05, 3.63) is 18.5 Å². The molecule has 4 heteroatoms. The fourth-order valence-corrected chi connectivity index (χ4v) is 2.50. The van der Waals surface area contributed by atoms with Gasteiger partial charge in [0.1, 0.15) is 6.17 Å². The first-order valence-corrected chi connectivity index (χ1v) is 4.94. The molecule has 2 aliphatic rings. The van der Waals surface area contributed by atoms with Crippen molar-refractivity contribution in [1.29, 1.82) is 0 Å². The van der Waals surface area contributed by atoms with Gasteiger partial charge in [-0.2, -0.15) is 0 Å². The highest BCUT2D eigenvalue weighted by molar-refractivity contribution is 5.36. The van der Waals surface area contributed by atoms with Crippen LogP contribution in [0.15, 0.2) is 18.5 Å². The van der Waals surface area contributed by atoms with E-state index in [2.05, 4.69) is 14.9 Å². The zero-order valence-electron chi connectivity index (χ0n) is 7.86. The molecule has 0 atom stereocenters. The average molecular weight is 193 g/mol. The fraction of sp³-hybridized carbons (Fsp3) is 0.600. The van der Waals surface area contributed by atoms with E-state index in [4.69, 9.17) is 0 Å². The molecule has 0 amide bonds. The van der Waals surface area contributed by atoms with Crippen molar-refractivity contribution in [2.45, 2.75) is 19.0 Å². The minimum absolute atomic E-state index is 0.263. The van der Waals surface area contributed by atoms with Crippen LogP contribution in [0.2, 0.25) is 0 Å². The molecule has 0 aromatic carbocycles. The van der Waals surface area contributed by atoms with E-state index in [1.54, 1.807) is 18.5 Å². The van der Waals surface area contributed by atoms with Gasteiger partial charge in [-0.05, 0) is 18.9 Å². The van der Waals surface area contributed by atoms with Crippen LogP contribution < -0.4 is 4.90 Å². The summed E-state index contributed by atoms with van der Waals surface area (Å²) in [7, 11) is 0. The molecule has 1 aliphatic heterocycles. The predicted molar refractivity (Wildman–Crippen MR) is 50.8 cm³/mol. The Morgan fingerprint density at radius 3 is 2.50 bits per heavy atom. The molecule has 1 saturated carbocycles. The average Bonchev–Trinajstić information content (AvgIpc) is 2.10. The van der Waals surface area contributed by atoms with Gasteiger partial charge >= 0.3 is 0 Å². The number of rotatable bonds is 1. The first kappa shape index (κ1) is 8.15. The van der Waals surface area contributed by atoms with Crippen molar-refractivity contribution in [3.8, 4) is 0 Å². The smallest absolute Gasteiger partial charge is 0.225 e. The van der Waals surface area contributed by atoms with E-state index < -0.39 is 6.17 Å². The molecule has 3 rings (SSSR count). The second-order valence-electron chi connectivity index (χ2n) is 4.41. The number of anilines is 1. The number of alkyl halides is 1. The number of aromatic nitrogens is 2. The maximum absolute atomic E-state index is 12.7. The molecular formula is C10H12FN3. The Kier molecular flexibility index (Phi) is 1.54. The number of nitrogens with zero attached hydrogens (tertiary/aromatic N) is 3. The highest BCUT2D eigenvalue weighted by atomic mass is 19.1. The first-order chi connectivity index (χ1) is 6.77. The Morgan fingerprint density at radius 2 is 1.93 bits per heavy atom. The Morgan fingerprint density at radius 1 is 1.29 bits per heavy atom. The summed E-state index contributed by atoms with van der Waals surface area (Å²) in [5.41, 5.74) is 0.263. The van der Waals surface area contributed by atoms with Gasteiger partial charge in [0.15, 0.2) is 0 Å². The van der Waals surface area contributed by atoms with Gasteiger partial charge in [0.25, 0.3) is 0 Å². The number of hydrogen-bond acceptors (Lipinski definition) is 3. The quantitative estimate of drug-likeness (QED) is 0.675. The van der Waals surface area contributed by atoms with Crippen LogP contribution in [0.4, 0.5) is 10.3 Å².